The lowest BCUT2D eigenvalue weighted by Crippen LogP contribution is -2.15. The summed E-state index contributed by atoms with van der Waals surface area (Å²) in [6.45, 7) is 3.24. The molecule has 1 heterocycles. The molecule has 0 saturated carbocycles. The van der Waals surface area contributed by atoms with E-state index in [2.05, 4.69) is 17.4 Å². The van der Waals surface area contributed by atoms with E-state index in [4.69, 9.17) is 0 Å². The number of hydrogen-bond acceptors (Lipinski definition) is 2. The molecule has 0 saturated heterocycles. The van der Waals surface area contributed by atoms with E-state index in [1.807, 2.05) is 12.3 Å². The highest BCUT2D eigenvalue weighted by atomic mass is 15.5. The second-order valence-corrected chi connectivity index (χ2v) is 2.92. The van der Waals surface area contributed by atoms with Gasteiger partial charge < -0.3 is 5.43 Å². The van der Waals surface area contributed by atoms with Crippen LogP contribution in [-0.4, -0.2) is 16.4 Å². The van der Waals surface area contributed by atoms with Crippen LogP contribution in [0.4, 0.5) is 0 Å². The van der Waals surface area contributed by atoms with E-state index in [-0.39, 0.29) is 0 Å². The van der Waals surface area contributed by atoms with Crippen molar-refractivity contribution in [2.24, 2.45) is 0 Å². The number of unbranched alkanes of at least 4 members (excludes halogenated alkanes) is 3. The van der Waals surface area contributed by atoms with Crippen molar-refractivity contribution in [1.29, 1.82) is 0 Å². The highest BCUT2D eigenvalue weighted by Crippen LogP contribution is 1.97. The smallest absolute Gasteiger partial charge is 0.0510 e. The largest absolute Gasteiger partial charge is 0.310 e. The van der Waals surface area contributed by atoms with E-state index in [9.17, 15) is 0 Å². The minimum atomic E-state index is 1.02. The summed E-state index contributed by atoms with van der Waals surface area (Å²) in [6.07, 6.45) is 8.86. The SMILES string of the molecule is CCCCCCNn1cccn1. The van der Waals surface area contributed by atoms with E-state index in [1.54, 1.807) is 11.0 Å². The molecular weight excluding hydrogens is 150 g/mol. The Balaban J connectivity index is 1.96. The maximum atomic E-state index is 4.04. The monoisotopic (exact) mass is 167 g/mol. The number of rotatable bonds is 6. The molecule has 0 aliphatic rings. The average molecular weight is 167 g/mol. The van der Waals surface area contributed by atoms with Gasteiger partial charge in [0.05, 0.1) is 6.20 Å². The second kappa shape index (κ2) is 5.63. The first-order chi connectivity index (χ1) is 5.93. The highest BCUT2D eigenvalue weighted by molar-refractivity contribution is 4.81. The Bertz CT molecular complexity index is 182. The number of nitrogens with zero attached hydrogens (tertiary/aromatic N) is 2. The highest BCUT2D eigenvalue weighted by Gasteiger charge is 1.88. The Morgan fingerprint density at radius 3 is 2.92 bits per heavy atom. The lowest BCUT2D eigenvalue weighted by molar-refractivity contribution is 0.641. The Morgan fingerprint density at radius 1 is 1.33 bits per heavy atom. The zero-order valence-corrected chi connectivity index (χ0v) is 7.66. The maximum absolute atomic E-state index is 4.04. The summed E-state index contributed by atoms with van der Waals surface area (Å²) >= 11 is 0. The van der Waals surface area contributed by atoms with Crippen molar-refractivity contribution in [2.75, 3.05) is 12.0 Å². The molecule has 0 spiro atoms. The fraction of sp³-hybridized carbons (Fsp3) is 0.667. The molecule has 0 atom stereocenters. The normalized spacial score (nSPS) is 10.1. The predicted molar refractivity (Wildman–Crippen MR) is 50.6 cm³/mol. The van der Waals surface area contributed by atoms with E-state index < -0.39 is 0 Å². The summed E-state index contributed by atoms with van der Waals surface area (Å²) in [6, 6.07) is 1.92. The van der Waals surface area contributed by atoms with Gasteiger partial charge in [-0.1, -0.05) is 26.2 Å². The van der Waals surface area contributed by atoms with E-state index in [1.165, 1.54) is 25.7 Å². The average Bonchev–Trinajstić information content (AvgIpc) is 2.57. The molecule has 1 aromatic rings. The summed E-state index contributed by atoms with van der Waals surface area (Å²) in [5.74, 6) is 0. The quantitative estimate of drug-likeness (QED) is 0.657. The second-order valence-electron chi connectivity index (χ2n) is 2.92. The minimum Gasteiger partial charge on any atom is -0.310 e. The van der Waals surface area contributed by atoms with Crippen LogP contribution in [0.15, 0.2) is 18.5 Å². The van der Waals surface area contributed by atoms with Gasteiger partial charge in [0.15, 0.2) is 0 Å². The molecular formula is C9H17N3. The van der Waals surface area contributed by atoms with Crippen molar-refractivity contribution in [1.82, 2.24) is 9.89 Å². The fourth-order valence-electron chi connectivity index (χ4n) is 1.11. The third-order valence-corrected chi connectivity index (χ3v) is 1.81. The summed E-state index contributed by atoms with van der Waals surface area (Å²) in [7, 11) is 0. The third kappa shape index (κ3) is 3.42. The van der Waals surface area contributed by atoms with Crippen LogP contribution in [0.5, 0.6) is 0 Å². The first-order valence-corrected chi connectivity index (χ1v) is 4.67. The minimum absolute atomic E-state index is 1.02. The van der Waals surface area contributed by atoms with Crippen molar-refractivity contribution in [2.45, 2.75) is 32.6 Å². The summed E-state index contributed by atoms with van der Waals surface area (Å²) in [5, 5.41) is 4.04. The Kier molecular flexibility index (Phi) is 4.27. The molecule has 1 N–H and O–H groups in total. The molecule has 0 aliphatic heterocycles. The summed E-state index contributed by atoms with van der Waals surface area (Å²) in [5.41, 5.74) is 3.19. The van der Waals surface area contributed by atoms with Gasteiger partial charge >= 0.3 is 0 Å². The number of hydrogen-bond donors (Lipinski definition) is 1. The van der Waals surface area contributed by atoms with Crippen molar-refractivity contribution in [3.8, 4) is 0 Å². The van der Waals surface area contributed by atoms with Crippen LogP contribution in [0, 0.1) is 0 Å². The summed E-state index contributed by atoms with van der Waals surface area (Å²) < 4.78 is 0. The van der Waals surface area contributed by atoms with Crippen LogP contribution < -0.4 is 5.43 Å². The Morgan fingerprint density at radius 2 is 2.25 bits per heavy atom. The van der Waals surface area contributed by atoms with Crippen LogP contribution in [0.25, 0.3) is 0 Å². The predicted octanol–water partition coefficient (Wildman–Crippen LogP) is 2.01. The van der Waals surface area contributed by atoms with E-state index in [0.29, 0.717) is 0 Å². The van der Waals surface area contributed by atoms with Gasteiger partial charge in [-0.2, -0.15) is 9.89 Å². The van der Waals surface area contributed by atoms with Gasteiger partial charge in [0.25, 0.3) is 0 Å². The lowest BCUT2D eigenvalue weighted by Gasteiger charge is -2.04. The van der Waals surface area contributed by atoms with Gasteiger partial charge in [-0.3, -0.25) is 0 Å². The molecule has 0 aliphatic carbocycles. The van der Waals surface area contributed by atoms with E-state index in [0.717, 1.165) is 6.54 Å². The van der Waals surface area contributed by atoms with Crippen LogP contribution in [0.3, 0.4) is 0 Å². The Labute approximate surface area is 73.7 Å². The molecule has 0 radical (unpaired) electrons. The zero-order valence-electron chi connectivity index (χ0n) is 7.66. The van der Waals surface area contributed by atoms with Crippen molar-refractivity contribution >= 4 is 0 Å². The van der Waals surface area contributed by atoms with Gasteiger partial charge in [0.1, 0.15) is 0 Å². The van der Waals surface area contributed by atoms with Crippen molar-refractivity contribution < 1.29 is 0 Å². The number of nitrogens with one attached hydrogen (secondary N) is 1. The Hall–Kier alpha value is -0.990. The van der Waals surface area contributed by atoms with Crippen LogP contribution >= 0.6 is 0 Å². The molecule has 0 bridgehead atoms. The zero-order chi connectivity index (χ0) is 8.65. The molecule has 1 aromatic heterocycles. The topological polar surface area (TPSA) is 29.9 Å². The van der Waals surface area contributed by atoms with Gasteiger partial charge in [-0.25, -0.2) is 0 Å². The first kappa shape index (κ1) is 9.10. The number of aromatic nitrogens is 2. The molecule has 0 fully saturated rings. The van der Waals surface area contributed by atoms with Gasteiger partial charge in [0, 0.05) is 12.7 Å². The molecule has 0 aromatic carbocycles. The fourth-order valence-corrected chi connectivity index (χ4v) is 1.11. The lowest BCUT2D eigenvalue weighted by atomic mass is 10.2. The van der Waals surface area contributed by atoms with Crippen molar-refractivity contribution in [3.63, 3.8) is 0 Å². The molecule has 12 heavy (non-hydrogen) atoms. The molecule has 3 heteroatoms. The molecule has 68 valence electrons. The summed E-state index contributed by atoms with van der Waals surface area (Å²) in [4.78, 5) is 1.76. The third-order valence-electron chi connectivity index (χ3n) is 1.81. The standard InChI is InChI=1S/C9H17N3/c1-2-3-4-5-7-10-12-9-6-8-11-12/h6,8-10H,2-5,7H2,1H3. The van der Waals surface area contributed by atoms with Crippen molar-refractivity contribution in [3.05, 3.63) is 18.5 Å². The van der Waals surface area contributed by atoms with E-state index >= 15 is 0 Å². The molecule has 1 rings (SSSR count). The van der Waals surface area contributed by atoms with Gasteiger partial charge in [-0.15, -0.1) is 0 Å². The van der Waals surface area contributed by atoms with Crippen LogP contribution in [0.2, 0.25) is 0 Å². The van der Waals surface area contributed by atoms with Crippen LogP contribution in [-0.2, 0) is 0 Å². The molecule has 0 unspecified atom stereocenters. The first-order valence-electron chi connectivity index (χ1n) is 4.67. The van der Waals surface area contributed by atoms with Gasteiger partial charge in [0.2, 0.25) is 0 Å². The molecule has 3 nitrogen and oxygen atoms in total. The maximum Gasteiger partial charge on any atom is 0.0510 e. The van der Waals surface area contributed by atoms with Gasteiger partial charge in [-0.05, 0) is 12.5 Å². The van der Waals surface area contributed by atoms with Crippen LogP contribution in [0.1, 0.15) is 32.6 Å². The molecule has 0 amide bonds.